The number of pyridine rings is 1. The molecule has 120 valence electrons. The fraction of sp³-hybridized carbons (Fsp3) is 0.389. The number of hydrogen-bond donors (Lipinski definition) is 1. The molecule has 2 bridgehead atoms. The van der Waals surface area contributed by atoms with Gasteiger partial charge in [0, 0.05) is 35.7 Å². The number of nitrogens with zero attached hydrogens (tertiary/aromatic N) is 1. The highest BCUT2D eigenvalue weighted by Crippen LogP contribution is 2.30. The molecule has 5 heteroatoms. The maximum atomic E-state index is 12.1. The molecule has 0 aliphatic carbocycles. The van der Waals surface area contributed by atoms with Crippen molar-refractivity contribution in [1.82, 2.24) is 4.57 Å². The normalized spacial score (nSPS) is 25.9. The van der Waals surface area contributed by atoms with Crippen LogP contribution in [0.3, 0.4) is 0 Å². The van der Waals surface area contributed by atoms with Crippen LogP contribution >= 0.6 is 23.2 Å². The molecule has 0 saturated carbocycles. The highest BCUT2D eigenvalue weighted by Gasteiger charge is 2.37. The Bertz CT molecular complexity index is 802. The molecule has 2 aromatic rings. The van der Waals surface area contributed by atoms with Crippen LogP contribution in [0.1, 0.15) is 23.6 Å². The minimum Gasteiger partial charge on any atom is -0.330 e. The molecule has 23 heavy (non-hydrogen) atoms. The second kappa shape index (κ2) is 5.97. The first-order valence-corrected chi connectivity index (χ1v) is 8.83. The van der Waals surface area contributed by atoms with Crippen LogP contribution in [-0.4, -0.2) is 17.7 Å². The molecule has 3 nitrogen and oxygen atoms in total. The Morgan fingerprint density at radius 1 is 1.13 bits per heavy atom. The lowest BCUT2D eigenvalue weighted by atomic mass is 9.83. The van der Waals surface area contributed by atoms with Crippen LogP contribution in [-0.2, 0) is 13.1 Å². The van der Waals surface area contributed by atoms with Gasteiger partial charge in [0.1, 0.15) is 6.54 Å². The fourth-order valence-corrected chi connectivity index (χ4v) is 4.52. The van der Waals surface area contributed by atoms with Crippen molar-refractivity contribution >= 4 is 23.2 Å². The second-order valence-corrected chi connectivity index (χ2v) is 7.60. The number of aromatic nitrogens is 1. The minimum atomic E-state index is 0.144. The number of quaternary nitrogens is 1. The van der Waals surface area contributed by atoms with Gasteiger partial charge in [-0.15, -0.1) is 0 Å². The Kier molecular flexibility index (Phi) is 3.96. The third-order valence-electron chi connectivity index (χ3n) is 5.11. The number of piperidine rings is 1. The van der Waals surface area contributed by atoms with Gasteiger partial charge in [0.25, 0.3) is 5.56 Å². The van der Waals surface area contributed by atoms with E-state index in [-0.39, 0.29) is 5.56 Å². The molecule has 1 fully saturated rings. The molecule has 3 unspecified atom stereocenters. The number of halogens is 2. The zero-order valence-corrected chi connectivity index (χ0v) is 14.3. The van der Waals surface area contributed by atoms with E-state index in [0.717, 1.165) is 26.2 Å². The SMILES string of the molecule is O=c1cccc2n1CC1CC2C[NH+](Cc2ccc(Cl)c(Cl)c2)C1. The van der Waals surface area contributed by atoms with Crippen LogP contribution in [0.15, 0.2) is 41.2 Å². The van der Waals surface area contributed by atoms with E-state index in [1.807, 2.05) is 22.8 Å². The van der Waals surface area contributed by atoms with Crippen LogP contribution in [0.2, 0.25) is 10.0 Å². The smallest absolute Gasteiger partial charge is 0.250 e. The van der Waals surface area contributed by atoms with Crippen LogP contribution in [0, 0.1) is 5.92 Å². The Labute approximate surface area is 145 Å². The summed E-state index contributed by atoms with van der Waals surface area (Å²) >= 11 is 12.1. The van der Waals surface area contributed by atoms with E-state index >= 15 is 0 Å². The number of rotatable bonds is 2. The topological polar surface area (TPSA) is 26.4 Å². The molecule has 1 aromatic heterocycles. The lowest BCUT2D eigenvalue weighted by Gasteiger charge is -2.40. The van der Waals surface area contributed by atoms with E-state index in [4.69, 9.17) is 23.2 Å². The van der Waals surface area contributed by atoms with E-state index in [9.17, 15) is 4.79 Å². The summed E-state index contributed by atoms with van der Waals surface area (Å²) < 4.78 is 1.98. The molecule has 0 amide bonds. The van der Waals surface area contributed by atoms with Crippen molar-refractivity contribution in [1.29, 1.82) is 0 Å². The molecular formula is C18H19Cl2N2O+. The summed E-state index contributed by atoms with van der Waals surface area (Å²) in [4.78, 5) is 13.6. The lowest BCUT2D eigenvalue weighted by molar-refractivity contribution is -0.924. The quantitative estimate of drug-likeness (QED) is 0.884. The van der Waals surface area contributed by atoms with Crippen LogP contribution in [0.4, 0.5) is 0 Å². The summed E-state index contributed by atoms with van der Waals surface area (Å²) in [7, 11) is 0. The molecule has 1 aromatic carbocycles. The summed E-state index contributed by atoms with van der Waals surface area (Å²) in [5.41, 5.74) is 2.57. The van der Waals surface area contributed by atoms with Gasteiger partial charge in [-0.1, -0.05) is 35.3 Å². The molecule has 0 spiro atoms. The summed E-state index contributed by atoms with van der Waals surface area (Å²) in [6, 6.07) is 11.6. The van der Waals surface area contributed by atoms with E-state index in [2.05, 4.69) is 12.1 Å². The molecule has 2 aliphatic heterocycles. The summed E-state index contributed by atoms with van der Waals surface area (Å²) in [5, 5.41) is 1.23. The van der Waals surface area contributed by atoms with Gasteiger partial charge in [0.15, 0.2) is 0 Å². The maximum Gasteiger partial charge on any atom is 0.250 e. The van der Waals surface area contributed by atoms with Gasteiger partial charge in [-0.25, -0.2) is 0 Å². The third kappa shape index (κ3) is 2.93. The Morgan fingerprint density at radius 2 is 2.00 bits per heavy atom. The van der Waals surface area contributed by atoms with E-state index in [0.29, 0.717) is 21.9 Å². The fourth-order valence-electron chi connectivity index (χ4n) is 4.20. The van der Waals surface area contributed by atoms with E-state index in [1.54, 1.807) is 11.0 Å². The van der Waals surface area contributed by atoms with Gasteiger partial charge in [0.05, 0.1) is 23.1 Å². The monoisotopic (exact) mass is 349 g/mol. The van der Waals surface area contributed by atoms with Gasteiger partial charge in [-0.05, 0) is 24.6 Å². The van der Waals surface area contributed by atoms with Crippen LogP contribution < -0.4 is 10.5 Å². The predicted octanol–water partition coefficient (Wildman–Crippen LogP) is 2.36. The predicted molar refractivity (Wildman–Crippen MR) is 92.4 cm³/mol. The van der Waals surface area contributed by atoms with Gasteiger partial charge in [0.2, 0.25) is 0 Å². The number of likely N-dealkylation sites (tertiary alicyclic amines) is 1. The summed E-state index contributed by atoms with van der Waals surface area (Å²) in [5.74, 6) is 1.06. The first-order chi connectivity index (χ1) is 11.1. The molecular weight excluding hydrogens is 331 g/mol. The van der Waals surface area contributed by atoms with Crippen molar-refractivity contribution in [2.75, 3.05) is 13.1 Å². The Morgan fingerprint density at radius 3 is 2.83 bits per heavy atom. The first kappa shape index (κ1) is 15.3. The first-order valence-electron chi connectivity index (χ1n) is 8.07. The Hall–Kier alpha value is -1.29. The van der Waals surface area contributed by atoms with Crippen LogP contribution in [0.5, 0.6) is 0 Å². The second-order valence-electron chi connectivity index (χ2n) is 6.78. The summed E-state index contributed by atoms with van der Waals surface area (Å²) in [6.07, 6.45) is 1.20. The van der Waals surface area contributed by atoms with Crippen LogP contribution in [0.25, 0.3) is 0 Å². The average Bonchev–Trinajstić information content (AvgIpc) is 2.52. The average molecular weight is 350 g/mol. The largest absolute Gasteiger partial charge is 0.330 e. The molecule has 1 N–H and O–H groups in total. The number of hydrogen-bond acceptors (Lipinski definition) is 1. The summed E-state index contributed by atoms with van der Waals surface area (Å²) in [6.45, 7) is 4.00. The van der Waals surface area contributed by atoms with Gasteiger partial charge < -0.3 is 9.47 Å². The van der Waals surface area contributed by atoms with Crippen molar-refractivity contribution in [3.05, 3.63) is 68.1 Å². The molecule has 4 rings (SSSR count). The molecule has 3 atom stereocenters. The zero-order valence-electron chi connectivity index (χ0n) is 12.8. The highest BCUT2D eigenvalue weighted by atomic mass is 35.5. The van der Waals surface area contributed by atoms with E-state index < -0.39 is 0 Å². The third-order valence-corrected chi connectivity index (χ3v) is 5.85. The van der Waals surface area contributed by atoms with Gasteiger partial charge >= 0.3 is 0 Å². The number of nitrogens with one attached hydrogen (secondary N) is 1. The minimum absolute atomic E-state index is 0.144. The van der Waals surface area contributed by atoms with Gasteiger partial charge in [-0.3, -0.25) is 4.79 Å². The standard InChI is InChI=1S/C18H18Cl2N2O/c19-15-5-4-12(7-16(15)20)8-21-9-13-6-14(11-21)17-2-1-3-18(23)22(17)10-13/h1-5,7,13-14H,6,8-11H2/p+1. The van der Waals surface area contributed by atoms with Crippen molar-refractivity contribution in [2.45, 2.75) is 25.4 Å². The molecule has 1 saturated heterocycles. The molecule has 0 radical (unpaired) electrons. The van der Waals surface area contributed by atoms with Crippen molar-refractivity contribution < 1.29 is 4.90 Å². The Balaban J connectivity index is 1.56. The zero-order chi connectivity index (χ0) is 16.0. The van der Waals surface area contributed by atoms with Crippen molar-refractivity contribution in [2.24, 2.45) is 5.92 Å². The lowest BCUT2D eigenvalue weighted by Crippen LogP contribution is -3.13. The highest BCUT2D eigenvalue weighted by molar-refractivity contribution is 6.42. The van der Waals surface area contributed by atoms with Crippen molar-refractivity contribution in [3.63, 3.8) is 0 Å². The van der Waals surface area contributed by atoms with Crippen molar-refractivity contribution in [3.8, 4) is 0 Å². The van der Waals surface area contributed by atoms with Gasteiger partial charge in [-0.2, -0.15) is 0 Å². The molecule has 2 aliphatic rings. The molecule has 3 heterocycles. The number of benzene rings is 1. The maximum absolute atomic E-state index is 12.1. The van der Waals surface area contributed by atoms with E-state index in [1.165, 1.54) is 17.7 Å². The number of fused-ring (bicyclic) bond motifs is 4.